The standard InChI is InChI=1S/C11H8FN5S/c12-9-2-1-7(5-10(9)13)11-14-15-16-17(11)8-3-4-18-6-8/h1-6H,13H2. The van der Waals surface area contributed by atoms with Gasteiger partial charge in [0.25, 0.3) is 0 Å². The molecule has 2 N–H and O–H groups in total. The highest BCUT2D eigenvalue weighted by atomic mass is 32.1. The molecule has 1 aromatic carbocycles. The molecule has 0 aliphatic heterocycles. The molecule has 18 heavy (non-hydrogen) atoms. The van der Waals surface area contributed by atoms with Crippen molar-refractivity contribution in [1.82, 2.24) is 20.2 Å². The average molecular weight is 261 g/mol. The molecule has 0 spiro atoms. The largest absolute Gasteiger partial charge is 0.396 e. The summed E-state index contributed by atoms with van der Waals surface area (Å²) in [7, 11) is 0. The lowest BCUT2D eigenvalue weighted by atomic mass is 10.2. The summed E-state index contributed by atoms with van der Waals surface area (Å²) in [4.78, 5) is 0. The molecule has 5 nitrogen and oxygen atoms in total. The smallest absolute Gasteiger partial charge is 0.187 e. The van der Waals surface area contributed by atoms with Crippen LogP contribution < -0.4 is 5.73 Å². The van der Waals surface area contributed by atoms with Gasteiger partial charge in [-0.3, -0.25) is 0 Å². The third-order valence-electron chi connectivity index (χ3n) is 2.47. The maximum Gasteiger partial charge on any atom is 0.187 e. The van der Waals surface area contributed by atoms with E-state index in [-0.39, 0.29) is 5.69 Å². The summed E-state index contributed by atoms with van der Waals surface area (Å²) in [6, 6.07) is 6.32. The van der Waals surface area contributed by atoms with Crippen molar-refractivity contribution in [3.63, 3.8) is 0 Å². The fourth-order valence-electron chi connectivity index (χ4n) is 1.60. The minimum atomic E-state index is -0.451. The number of aromatic nitrogens is 4. The second kappa shape index (κ2) is 4.19. The molecule has 0 aliphatic rings. The summed E-state index contributed by atoms with van der Waals surface area (Å²) in [6.07, 6.45) is 0. The first kappa shape index (κ1) is 10.8. The van der Waals surface area contributed by atoms with E-state index in [9.17, 15) is 4.39 Å². The van der Waals surface area contributed by atoms with Gasteiger partial charge in [0, 0.05) is 10.9 Å². The van der Waals surface area contributed by atoms with Crippen molar-refractivity contribution in [1.29, 1.82) is 0 Å². The molecule has 0 atom stereocenters. The van der Waals surface area contributed by atoms with Gasteiger partial charge in [-0.05, 0) is 40.1 Å². The zero-order valence-corrected chi connectivity index (χ0v) is 9.93. The van der Waals surface area contributed by atoms with Crippen molar-refractivity contribution in [2.45, 2.75) is 0 Å². The van der Waals surface area contributed by atoms with Crippen LogP contribution in [0, 0.1) is 5.82 Å². The lowest BCUT2D eigenvalue weighted by molar-refractivity contribution is 0.632. The minimum absolute atomic E-state index is 0.0763. The van der Waals surface area contributed by atoms with Gasteiger partial charge in [0.05, 0.1) is 11.4 Å². The van der Waals surface area contributed by atoms with Crippen LogP contribution in [0.15, 0.2) is 35.0 Å². The zero-order chi connectivity index (χ0) is 12.5. The minimum Gasteiger partial charge on any atom is -0.396 e. The highest BCUT2D eigenvalue weighted by Gasteiger charge is 2.12. The Hall–Kier alpha value is -2.28. The number of hydrogen-bond acceptors (Lipinski definition) is 5. The molecule has 2 aromatic heterocycles. The predicted octanol–water partition coefficient (Wildman–Crippen LogP) is 2.11. The zero-order valence-electron chi connectivity index (χ0n) is 9.12. The van der Waals surface area contributed by atoms with E-state index in [1.54, 1.807) is 22.1 Å². The van der Waals surface area contributed by atoms with E-state index in [0.717, 1.165) is 5.69 Å². The average Bonchev–Trinajstić information content (AvgIpc) is 3.00. The number of rotatable bonds is 2. The van der Waals surface area contributed by atoms with E-state index in [1.807, 2.05) is 16.8 Å². The summed E-state index contributed by atoms with van der Waals surface area (Å²) in [5.74, 6) is 0.0772. The number of hydrogen-bond donors (Lipinski definition) is 1. The maximum absolute atomic E-state index is 13.1. The van der Waals surface area contributed by atoms with E-state index < -0.39 is 5.82 Å². The van der Waals surface area contributed by atoms with Crippen LogP contribution in [0.4, 0.5) is 10.1 Å². The van der Waals surface area contributed by atoms with Crippen LogP contribution in [-0.4, -0.2) is 20.2 Å². The third kappa shape index (κ3) is 1.74. The van der Waals surface area contributed by atoms with Crippen molar-refractivity contribution >= 4 is 17.0 Å². The molecular weight excluding hydrogens is 253 g/mol. The molecule has 0 bridgehead atoms. The van der Waals surface area contributed by atoms with Crippen LogP contribution in [0.5, 0.6) is 0 Å². The van der Waals surface area contributed by atoms with Crippen molar-refractivity contribution in [3.8, 4) is 17.1 Å². The van der Waals surface area contributed by atoms with E-state index in [1.165, 1.54) is 12.1 Å². The maximum atomic E-state index is 13.1. The number of tetrazole rings is 1. The normalized spacial score (nSPS) is 10.7. The second-order valence-corrected chi connectivity index (χ2v) is 4.41. The molecule has 90 valence electrons. The molecule has 3 aromatic rings. The lowest BCUT2D eigenvalue weighted by Gasteiger charge is -2.03. The number of benzene rings is 1. The van der Waals surface area contributed by atoms with Crippen molar-refractivity contribution < 1.29 is 4.39 Å². The molecule has 0 aliphatic carbocycles. The first-order valence-electron chi connectivity index (χ1n) is 5.12. The molecule has 0 saturated carbocycles. The first-order chi connectivity index (χ1) is 8.75. The van der Waals surface area contributed by atoms with Crippen molar-refractivity contribution in [2.24, 2.45) is 0 Å². The van der Waals surface area contributed by atoms with Gasteiger partial charge in [0.2, 0.25) is 0 Å². The van der Waals surface area contributed by atoms with Crippen molar-refractivity contribution in [2.75, 3.05) is 5.73 Å². The molecule has 0 amide bonds. The van der Waals surface area contributed by atoms with Crippen LogP contribution in [0.1, 0.15) is 0 Å². The van der Waals surface area contributed by atoms with Gasteiger partial charge >= 0.3 is 0 Å². The second-order valence-electron chi connectivity index (χ2n) is 3.63. The highest BCUT2D eigenvalue weighted by molar-refractivity contribution is 7.08. The summed E-state index contributed by atoms with van der Waals surface area (Å²) in [5.41, 5.74) is 7.16. The van der Waals surface area contributed by atoms with Gasteiger partial charge < -0.3 is 5.73 Å². The van der Waals surface area contributed by atoms with Crippen LogP contribution in [0.2, 0.25) is 0 Å². The fraction of sp³-hybridized carbons (Fsp3) is 0. The molecule has 0 saturated heterocycles. The van der Waals surface area contributed by atoms with E-state index >= 15 is 0 Å². The monoisotopic (exact) mass is 261 g/mol. The van der Waals surface area contributed by atoms with Gasteiger partial charge in [-0.2, -0.15) is 16.0 Å². The Labute approximate surface area is 106 Å². The van der Waals surface area contributed by atoms with E-state index in [2.05, 4.69) is 15.5 Å². The van der Waals surface area contributed by atoms with Crippen LogP contribution in [0.25, 0.3) is 17.1 Å². The molecule has 3 rings (SSSR count). The van der Waals surface area contributed by atoms with Gasteiger partial charge in [-0.15, -0.1) is 5.10 Å². The van der Waals surface area contributed by atoms with Gasteiger partial charge in [-0.25, -0.2) is 4.39 Å². The fourth-order valence-corrected chi connectivity index (χ4v) is 2.22. The summed E-state index contributed by atoms with van der Waals surface area (Å²) in [6.45, 7) is 0. The van der Waals surface area contributed by atoms with E-state index in [4.69, 9.17) is 5.73 Å². The molecule has 0 unspecified atom stereocenters. The highest BCUT2D eigenvalue weighted by Crippen LogP contribution is 2.23. The Morgan fingerprint density at radius 3 is 2.89 bits per heavy atom. The summed E-state index contributed by atoms with van der Waals surface area (Å²) in [5, 5.41) is 15.3. The molecule has 2 heterocycles. The van der Waals surface area contributed by atoms with Crippen LogP contribution in [-0.2, 0) is 0 Å². The number of thiophene rings is 1. The molecular formula is C11H8FN5S. The first-order valence-corrected chi connectivity index (χ1v) is 6.06. The number of nitrogens with two attached hydrogens (primary N) is 1. The topological polar surface area (TPSA) is 69.6 Å². The quantitative estimate of drug-likeness (QED) is 0.717. The van der Waals surface area contributed by atoms with Gasteiger partial charge in [0.1, 0.15) is 5.82 Å². The Kier molecular flexibility index (Phi) is 2.52. The number of nitrogen functional groups attached to an aromatic ring is 1. The summed E-state index contributed by atoms with van der Waals surface area (Å²) < 4.78 is 14.7. The SMILES string of the molecule is Nc1cc(-c2nnnn2-c2ccsc2)ccc1F. The van der Waals surface area contributed by atoms with Gasteiger partial charge in [0.15, 0.2) is 5.82 Å². The third-order valence-corrected chi connectivity index (χ3v) is 3.15. The Morgan fingerprint density at radius 1 is 1.28 bits per heavy atom. The lowest BCUT2D eigenvalue weighted by Crippen LogP contribution is -1.99. The van der Waals surface area contributed by atoms with Crippen LogP contribution in [0.3, 0.4) is 0 Å². The number of halogens is 1. The number of anilines is 1. The molecule has 7 heteroatoms. The molecule has 0 fully saturated rings. The van der Waals surface area contributed by atoms with E-state index in [0.29, 0.717) is 11.4 Å². The van der Waals surface area contributed by atoms with Gasteiger partial charge in [-0.1, -0.05) is 0 Å². The predicted molar refractivity (Wildman–Crippen MR) is 66.8 cm³/mol. The Balaban J connectivity index is 2.13. The summed E-state index contributed by atoms with van der Waals surface area (Å²) >= 11 is 1.55. The Morgan fingerprint density at radius 2 is 2.17 bits per heavy atom. The number of nitrogens with zero attached hydrogens (tertiary/aromatic N) is 4. The molecule has 0 radical (unpaired) electrons. The Bertz CT molecular complexity index is 677. The van der Waals surface area contributed by atoms with Crippen LogP contribution >= 0.6 is 11.3 Å². The van der Waals surface area contributed by atoms with Crippen molar-refractivity contribution in [3.05, 3.63) is 40.8 Å².